The third-order valence-electron chi connectivity index (χ3n) is 3.06. The Balaban J connectivity index is 0.00000196. The van der Waals surface area contributed by atoms with E-state index in [1.165, 1.54) is 11.3 Å². The van der Waals surface area contributed by atoms with Crippen LogP contribution >= 0.6 is 0 Å². The lowest BCUT2D eigenvalue weighted by molar-refractivity contribution is 0.478. The third-order valence-corrected chi connectivity index (χ3v) is 3.06. The second kappa shape index (κ2) is 5.76. The first-order chi connectivity index (χ1) is 6.59. The maximum absolute atomic E-state index is 3.58. The van der Waals surface area contributed by atoms with Crippen molar-refractivity contribution in [3.05, 3.63) is 29.8 Å². The van der Waals surface area contributed by atoms with Gasteiger partial charge in [-0.2, -0.15) is 0 Å². The lowest BCUT2D eigenvalue weighted by atomic mass is 9.95. The van der Waals surface area contributed by atoms with Crippen molar-refractivity contribution < 1.29 is 0 Å². The zero-order valence-corrected chi connectivity index (χ0v) is 10.4. The summed E-state index contributed by atoms with van der Waals surface area (Å²) in [5.41, 5.74) is 2.77. The summed E-state index contributed by atoms with van der Waals surface area (Å²) in [6.07, 6.45) is 2.30. The molecule has 0 aliphatic carbocycles. The van der Waals surface area contributed by atoms with Crippen molar-refractivity contribution in [2.45, 2.75) is 46.1 Å². The van der Waals surface area contributed by atoms with Gasteiger partial charge in [-0.1, -0.05) is 31.5 Å². The van der Waals surface area contributed by atoms with Gasteiger partial charge in [0.15, 0.2) is 0 Å². The molecule has 2 heteroatoms. The fourth-order valence-electron chi connectivity index (χ4n) is 1.41. The number of nitrogens with one attached hydrogen (secondary N) is 1. The van der Waals surface area contributed by atoms with Crippen LogP contribution in [0.15, 0.2) is 24.3 Å². The second-order valence-electron chi connectivity index (χ2n) is 4.26. The molecule has 1 aromatic rings. The minimum Gasteiger partial charge on any atom is -0.380 e. The molecule has 0 heterocycles. The molecule has 0 atom stereocenters. The molecule has 0 aromatic heterocycles. The highest BCUT2D eigenvalue weighted by molar-refractivity contribution is 5.46. The summed E-state index contributed by atoms with van der Waals surface area (Å²) in [5, 5.41) is 3.58. The predicted octanol–water partition coefficient (Wildman–Crippen LogP) is 4.15. The van der Waals surface area contributed by atoms with Gasteiger partial charge in [0, 0.05) is 11.2 Å². The molecule has 86 valence electrons. The van der Waals surface area contributed by atoms with E-state index in [2.05, 4.69) is 57.3 Å². The Morgan fingerprint density at radius 2 is 1.53 bits per heavy atom. The average molecular weight is 208 g/mol. The molecule has 1 aromatic carbocycles. The fourth-order valence-corrected chi connectivity index (χ4v) is 1.41. The van der Waals surface area contributed by atoms with Crippen molar-refractivity contribution in [1.29, 1.82) is 0 Å². The van der Waals surface area contributed by atoms with E-state index >= 15 is 0 Å². The minimum atomic E-state index is 0. The van der Waals surface area contributed by atoms with Gasteiger partial charge in [-0.05, 0) is 38.8 Å². The minimum absolute atomic E-state index is 0. The number of hydrogen-bond acceptors (Lipinski definition) is 2. The summed E-state index contributed by atoms with van der Waals surface area (Å²) in [5.74, 6) is 0. The van der Waals surface area contributed by atoms with E-state index in [4.69, 9.17) is 0 Å². The normalized spacial score (nSPS) is 10.7. The summed E-state index contributed by atoms with van der Waals surface area (Å²) in [6.45, 7) is 8.84. The van der Waals surface area contributed by atoms with E-state index < -0.39 is 0 Å². The van der Waals surface area contributed by atoms with Gasteiger partial charge in [-0.25, -0.2) is 0 Å². The number of aryl methyl sites for hydroxylation is 1. The Labute approximate surface area is 93.7 Å². The maximum atomic E-state index is 3.58. The molecule has 0 aliphatic heterocycles. The molecule has 0 aliphatic rings. The third kappa shape index (κ3) is 3.92. The summed E-state index contributed by atoms with van der Waals surface area (Å²) in [7, 11) is 0. The first-order valence-corrected chi connectivity index (χ1v) is 5.44. The molecular weight excluding hydrogens is 184 g/mol. The topological polar surface area (TPSA) is 47.0 Å². The summed E-state index contributed by atoms with van der Waals surface area (Å²) < 4.78 is 0. The van der Waals surface area contributed by atoms with Crippen LogP contribution in [0.1, 0.15) is 39.2 Å². The Bertz CT molecular complexity index is 273. The fraction of sp³-hybridized carbons (Fsp3) is 0.538. The van der Waals surface area contributed by atoms with E-state index in [9.17, 15) is 0 Å². The van der Waals surface area contributed by atoms with Gasteiger partial charge in [0.2, 0.25) is 0 Å². The van der Waals surface area contributed by atoms with E-state index in [1.807, 2.05) is 0 Å². The van der Waals surface area contributed by atoms with Crippen LogP contribution < -0.4 is 11.5 Å². The van der Waals surface area contributed by atoms with Crippen LogP contribution in [0.25, 0.3) is 0 Å². The van der Waals surface area contributed by atoms with Crippen molar-refractivity contribution in [2.75, 3.05) is 5.32 Å². The number of hydrogen-bond donors (Lipinski definition) is 2. The molecule has 0 amide bonds. The number of benzene rings is 1. The molecule has 4 N–H and O–H groups in total. The van der Waals surface area contributed by atoms with Gasteiger partial charge in [0.25, 0.3) is 0 Å². The van der Waals surface area contributed by atoms with Gasteiger partial charge >= 0.3 is 0 Å². The van der Waals surface area contributed by atoms with Gasteiger partial charge in [-0.15, -0.1) is 0 Å². The Kier molecular flexibility index (Phi) is 5.37. The average Bonchev–Trinajstić information content (AvgIpc) is 2.21. The van der Waals surface area contributed by atoms with Crippen LogP contribution in [0, 0.1) is 6.92 Å². The molecular formula is C13H24N2. The number of rotatable bonds is 4. The van der Waals surface area contributed by atoms with Crippen LogP contribution in [-0.2, 0) is 0 Å². The van der Waals surface area contributed by atoms with Crippen molar-refractivity contribution in [1.82, 2.24) is 6.15 Å². The Morgan fingerprint density at radius 3 is 1.93 bits per heavy atom. The predicted molar refractivity (Wildman–Crippen MR) is 68.8 cm³/mol. The van der Waals surface area contributed by atoms with Gasteiger partial charge < -0.3 is 11.5 Å². The lowest BCUT2D eigenvalue weighted by Gasteiger charge is -2.29. The van der Waals surface area contributed by atoms with E-state index in [-0.39, 0.29) is 11.7 Å². The first kappa shape index (κ1) is 14.0. The lowest BCUT2D eigenvalue weighted by Crippen LogP contribution is -2.32. The molecule has 0 fully saturated rings. The Morgan fingerprint density at radius 1 is 1.07 bits per heavy atom. The summed E-state index contributed by atoms with van der Waals surface area (Å²) in [4.78, 5) is 0. The van der Waals surface area contributed by atoms with E-state index in [0.29, 0.717) is 0 Å². The molecule has 2 nitrogen and oxygen atoms in total. The Hall–Kier alpha value is -1.02. The zero-order valence-electron chi connectivity index (χ0n) is 10.4. The van der Waals surface area contributed by atoms with Crippen LogP contribution in [0.2, 0.25) is 0 Å². The molecule has 0 radical (unpaired) electrons. The van der Waals surface area contributed by atoms with Gasteiger partial charge in [0.05, 0.1) is 0 Å². The van der Waals surface area contributed by atoms with Crippen molar-refractivity contribution in [3.63, 3.8) is 0 Å². The largest absolute Gasteiger partial charge is 0.380 e. The molecule has 0 saturated heterocycles. The van der Waals surface area contributed by atoms with E-state index in [1.54, 1.807) is 0 Å². The van der Waals surface area contributed by atoms with Crippen LogP contribution in [0.5, 0.6) is 0 Å². The zero-order chi connectivity index (χ0) is 10.6. The second-order valence-corrected chi connectivity index (χ2v) is 4.26. The number of anilines is 1. The molecule has 0 bridgehead atoms. The molecule has 15 heavy (non-hydrogen) atoms. The molecule has 1 rings (SSSR count). The summed E-state index contributed by atoms with van der Waals surface area (Å²) >= 11 is 0. The van der Waals surface area contributed by atoms with Gasteiger partial charge in [-0.3, -0.25) is 0 Å². The van der Waals surface area contributed by atoms with Gasteiger partial charge in [0.1, 0.15) is 0 Å². The van der Waals surface area contributed by atoms with Crippen LogP contribution in [0.3, 0.4) is 0 Å². The van der Waals surface area contributed by atoms with E-state index in [0.717, 1.165) is 12.8 Å². The summed E-state index contributed by atoms with van der Waals surface area (Å²) in [6, 6.07) is 8.60. The smallest absolute Gasteiger partial charge is 0.0344 e. The maximum Gasteiger partial charge on any atom is 0.0344 e. The quantitative estimate of drug-likeness (QED) is 0.781. The highest BCUT2D eigenvalue weighted by Gasteiger charge is 2.18. The SMILES string of the molecule is CCC(C)(CC)Nc1ccc(C)cc1.N. The molecule has 0 spiro atoms. The van der Waals surface area contributed by atoms with Crippen LogP contribution in [-0.4, -0.2) is 5.54 Å². The highest BCUT2D eigenvalue weighted by atomic mass is 15.0. The van der Waals surface area contributed by atoms with Crippen molar-refractivity contribution in [3.8, 4) is 0 Å². The highest BCUT2D eigenvalue weighted by Crippen LogP contribution is 2.21. The van der Waals surface area contributed by atoms with Crippen LogP contribution in [0.4, 0.5) is 5.69 Å². The standard InChI is InChI=1S/C13H21N.H3N/c1-5-13(4,6-2)14-12-9-7-11(3)8-10-12;/h7-10,14H,5-6H2,1-4H3;1H3. The molecule has 0 unspecified atom stereocenters. The first-order valence-electron chi connectivity index (χ1n) is 5.44. The van der Waals surface area contributed by atoms with Crippen molar-refractivity contribution in [2.24, 2.45) is 0 Å². The van der Waals surface area contributed by atoms with Crippen molar-refractivity contribution >= 4 is 5.69 Å². The monoisotopic (exact) mass is 208 g/mol. The molecule has 0 saturated carbocycles.